The van der Waals surface area contributed by atoms with E-state index in [-0.39, 0.29) is 23.8 Å². The van der Waals surface area contributed by atoms with Gasteiger partial charge in [0, 0.05) is 25.2 Å². The highest BCUT2D eigenvalue weighted by molar-refractivity contribution is 5.89. The van der Waals surface area contributed by atoms with Gasteiger partial charge in [-0.15, -0.1) is 0 Å². The third kappa shape index (κ3) is 2.79. The first-order valence-corrected chi connectivity index (χ1v) is 6.13. The van der Waals surface area contributed by atoms with Crippen LogP contribution in [0.4, 0.5) is 14.9 Å². The molecular formula is C13H18FN3O. The predicted molar refractivity (Wildman–Crippen MR) is 69.1 cm³/mol. The molecule has 0 aromatic heterocycles. The molecule has 0 saturated carbocycles. The van der Waals surface area contributed by atoms with Crippen LogP contribution in [0.15, 0.2) is 24.3 Å². The van der Waals surface area contributed by atoms with Crippen LogP contribution < -0.4 is 10.6 Å². The van der Waals surface area contributed by atoms with Crippen molar-refractivity contribution in [3.63, 3.8) is 0 Å². The van der Waals surface area contributed by atoms with Crippen molar-refractivity contribution in [3.8, 4) is 0 Å². The van der Waals surface area contributed by atoms with Crippen LogP contribution in [-0.4, -0.2) is 36.1 Å². The molecule has 0 spiro atoms. The van der Waals surface area contributed by atoms with E-state index in [1.807, 2.05) is 13.8 Å². The number of para-hydroxylation sites is 1. The second kappa shape index (κ2) is 5.35. The van der Waals surface area contributed by atoms with Gasteiger partial charge in [-0.3, -0.25) is 0 Å². The zero-order chi connectivity index (χ0) is 13.1. The Labute approximate surface area is 106 Å². The Balaban J connectivity index is 2.05. The SMILES string of the molecule is CC1CN(C(=O)Nc2ccccc2F)C(C)CN1. The van der Waals surface area contributed by atoms with Crippen LogP contribution in [0.5, 0.6) is 0 Å². The number of nitrogens with one attached hydrogen (secondary N) is 2. The molecule has 5 heteroatoms. The maximum Gasteiger partial charge on any atom is 0.322 e. The van der Waals surface area contributed by atoms with Crippen molar-refractivity contribution in [2.24, 2.45) is 0 Å². The van der Waals surface area contributed by atoms with E-state index in [1.54, 1.807) is 23.1 Å². The summed E-state index contributed by atoms with van der Waals surface area (Å²) in [5, 5.41) is 5.91. The number of anilines is 1. The van der Waals surface area contributed by atoms with E-state index in [0.29, 0.717) is 6.54 Å². The summed E-state index contributed by atoms with van der Waals surface area (Å²) in [6.45, 7) is 5.38. The van der Waals surface area contributed by atoms with E-state index in [9.17, 15) is 9.18 Å². The minimum absolute atomic E-state index is 0.105. The van der Waals surface area contributed by atoms with Gasteiger partial charge in [0.2, 0.25) is 0 Å². The summed E-state index contributed by atoms with van der Waals surface area (Å²) in [5.74, 6) is -0.415. The largest absolute Gasteiger partial charge is 0.322 e. The molecule has 18 heavy (non-hydrogen) atoms. The average molecular weight is 251 g/mol. The number of halogens is 1. The lowest BCUT2D eigenvalue weighted by Gasteiger charge is -2.37. The molecule has 2 amide bonds. The van der Waals surface area contributed by atoms with E-state index >= 15 is 0 Å². The highest BCUT2D eigenvalue weighted by atomic mass is 19.1. The highest BCUT2D eigenvalue weighted by Crippen LogP contribution is 2.15. The van der Waals surface area contributed by atoms with E-state index in [1.165, 1.54) is 6.07 Å². The number of nitrogens with zero attached hydrogens (tertiary/aromatic N) is 1. The molecule has 2 atom stereocenters. The molecule has 1 saturated heterocycles. The van der Waals surface area contributed by atoms with Crippen molar-refractivity contribution >= 4 is 11.7 Å². The van der Waals surface area contributed by atoms with Crippen LogP contribution in [0.25, 0.3) is 0 Å². The van der Waals surface area contributed by atoms with Crippen molar-refractivity contribution in [2.45, 2.75) is 25.9 Å². The molecule has 1 heterocycles. The van der Waals surface area contributed by atoms with Crippen LogP contribution >= 0.6 is 0 Å². The van der Waals surface area contributed by atoms with Gasteiger partial charge in [0.1, 0.15) is 5.82 Å². The van der Waals surface area contributed by atoms with Gasteiger partial charge in [0.15, 0.2) is 0 Å². The van der Waals surface area contributed by atoms with Gasteiger partial charge in [-0.1, -0.05) is 12.1 Å². The van der Waals surface area contributed by atoms with Crippen LogP contribution in [-0.2, 0) is 0 Å². The van der Waals surface area contributed by atoms with E-state index < -0.39 is 5.82 Å². The number of benzene rings is 1. The fraction of sp³-hybridized carbons (Fsp3) is 0.462. The van der Waals surface area contributed by atoms with Gasteiger partial charge in [-0.2, -0.15) is 0 Å². The molecule has 2 unspecified atom stereocenters. The molecular weight excluding hydrogens is 233 g/mol. The summed E-state index contributed by atoms with van der Waals surface area (Å²) in [7, 11) is 0. The zero-order valence-corrected chi connectivity index (χ0v) is 10.6. The number of urea groups is 1. The average Bonchev–Trinajstić information content (AvgIpc) is 2.35. The quantitative estimate of drug-likeness (QED) is 0.802. The molecule has 2 N–H and O–H groups in total. The molecule has 1 aliphatic heterocycles. The van der Waals surface area contributed by atoms with Crippen molar-refractivity contribution in [1.29, 1.82) is 0 Å². The first kappa shape index (κ1) is 12.8. The fourth-order valence-corrected chi connectivity index (χ4v) is 2.05. The Morgan fingerprint density at radius 2 is 2.17 bits per heavy atom. The summed E-state index contributed by atoms with van der Waals surface area (Å²) in [5.41, 5.74) is 0.223. The lowest BCUT2D eigenvalue weighted by Crippen LogP contribution is -2.57. The molecule has 1 aromatic rings. The van der Waals surface area contributed by atoms with Gasteiger partial charge in [-0.05, 0) is 26.0 Å². The number of piperazine rings is 1. The molecule has 0 radical (unpaired) electrons. The second-order valence-electron chi connectivity index (χ2n) is 4.72. The van der Waals surface area contributed by atoms with Gasteiger partial charge in [-0.25, -0.2) is 9.18 Å². The molecule has 1 aliphatic rings. The predicted octanol–water partition coefficient (Wildman–Crippen LogP) is 2.04. The minimum atomic E-state index is -0.415. The number of rotatable bonds is 1. The maximum atomic E-state index is 13.4. The first-order chi connectivity index (χ1) is 8.58. The Kier molecular flexibility index (Phi) is 3.81. The van der Waals surface area contributed by atoms with Gasteiger partial charge >= 0.3 is 6.03 Å². The van der Waals surface area contributed by atoms with Gasteiger partial charge < -0.3 is 15.5 Å². The highest BCUT2D eigenvalue weighted by Gasteiger charge is 2.26. The minimum Gasteiger partial charge on any atom is -0.319 e. The van der Waals surface area contributed by atoms with E-state index in [2.05, 4.69) is 10.6 Å². The summed E-state index contributed by atoms with van der Waals surface area (Å²) < 4.78 is 13.4. The lowest BCUT2D eigenvalue weighted by molar-refractivity contribution is 0.161. The van der Waals surface area contributed by atoms with E-state index in [0.717, 1.165) is 6.54 Å². The van der Waals surface area contributed by atoms with Gasteiger partial charge in [0.25, 0.3) is 0 Å². The number of hydrogen-bond acceptors (Lipinski definition) is 2. The topological polar surface area (TPSA) is 44.4 Å². The summed E-state index contributed by atoms with van der Waals surface area (Å²) in [6.07, 6.45) is 0. The van der Waals surface area contributed by atoms with Crippen LogP contribution in [0.1, 0.15) is 13.8 Å². The van der Waals surface area contributed by atoms with Crippen LogP contribution in [0.2, 0.25) is 0 Å². The molecule has 4 nitrogen and oxygen atoms in total. The van der Waals surface area contributed by atoms with Crippen molar-refractivity contribution in [2.75, 3.05) is 18.4 Å². The molecule has 2 rings (SSSR count). The summed E-state index contributed by atoms with van der Waals surface area (Å²) >= 11 is 0. The normalized spacial score (nSPS) is 23.8. The Bertz CT molecular complexity index is 438. The second-order valence-corrected chi connectivity index (χ2v) is 4.72. The number of carbonyl (C=O) groups excluding carboxylic acids is 1. The Morgan fingerprint density at radius 3 is 2.89 bits per heavy atom. The molecule has 0 bridgehead atoms. The van der Waals surface area contributed by atoms with Crippen molar-refractivity contribution < 1.29 is 9.18 Å². The molecule has 98 valence electrons. The molecule has 1 aromatic carbocycles. The number of carbonyl (C=O) groups is 1. The smallest absolute Gasteiger partial charge is 0.319 e. The van der Waals surface area contributed by atoms with E-state index in [4.69, 9.17) is 0 Å². The van der Waals surface area contributed by atoms with Crippen LogP contribution in [0.3, 0.4) is 0 Å². The first-order valence-electron chi connectivity index (χ1n) is 6.13. The monoisotopic (exact) mass is 251 g/mol. The number of hydrogen-bond donors (Lipinski definition) is 2. The maximum absolute atomic E-state index is 13.4. The number of amides is 2. The summed E-state index contributed by atoms with van der Waals surface area (Å²) in [4.78, 5) is 13.8. The zero-order valence-electron chi connectivity index (χ0n) is 10.6. The summed E-state index contributed by atoms with van der Waals surface area (Å²) in [6, 6.07) is 6.30. The van der Waals surface area contributed by atoms with Gasteiger partial charge in [0.05, 0.1) is 5.69 Å². The third-order valence-corrected chi connectivity index (χ3v) is 3.14. The molecule has 0 aliphatic carbocycles. The van der Waals surface area contributed by atoms with Crippen molar-refractivity contribution in [3.05, 3.63) is 30.1 Å². The lowest BCUT2D eigenvalue weighted by atomic mass is 10.1. The Hall–Kier alpha value is -1.62. The molecule has 1 fully saturated rings. The third-order valence-electron chi connectivity index (χ3n) is 3.14. The van der Waals surface area contributed by atoms with Crippen molar-refractivity contribution in [1.82, 2.24) is 10.2 Å². The standard InChI is InChI=1S/C13H18FN3O/c1-9-8-17(10(2)7-15-9)13(18)16-12-6-4-3-5-11(12)14/h3-6,9-10,15H,7-8H2,1-2H3,(H,16,18). The fourth-order valence-electron chi connectivity index (χ4n) is 2.05. The Morgan fingerprint density at radius 1 is 1.44 bits per heavy atom. The van der Waals surface area contributed by atoms with Crippen LogP contribution in [0, 0.1) is 5.82 Å².